The second-order valence-electron chi connectivity index (χ2n) is 12.3. The molecule has 0 unspecified atom stereocenters. The molecule has 0 aromatic carbocycles. The van der Waals surface area contributed by atoms with Crippen molar-refractivity contribution in [2.75, 3.05) is 19.8 Å². The van der Waals surface area contributed by atoms with Crippen LogP contribution >= 0.6 is 0 Å². The van der Waals surface area contributed by atoms with Gasteiger partial charge in [0.1, 0.15) is 44.1 Å². The van der Waals surface area contributed by atoms with Gasteiger partial charge in [-0.25, -0.2) is 4.79 Å². The number of hydrogen-bond acceptors (Lipinski definition) is 10. The van der Waals surface area contributed by atoms with Crippen LogP contribution in [0.5, 0.6) is 0 Å². The first-order valence-electron chi connectivity index (χ1n) is 14.1. The van der Waals surface area contributed by atoms with Crippen molar-refractivity contribution in [3.05, 3.63) is 23.8 Å². The Labute approximate surface area is 234 Å². The lowest BCUT2D eigenvalue weighted by Gasteiger charge is -2.59. The number of rotatable bonds is 10. The van der Waals surface area contributed by atoms with Crippen molar-refractivity contribution in [3.8, 4) is 0 Å². The largest absolute Gasteiger partial charge is 0.481 e. The molecule has 0 spiro atoms. The maximum absolute atomic E-state index is 12.0. The Balaban J connectivity index is 1.42. The molecule has 4 rings (SSSR count). The van der Waals surface area contributed by atoms with E-state index in [-0.39, 0.29) is 35.2 Å². The number of aliphatic hydroxyl groups is 3. The number of carbonyl (C=O) groups is 3. The summed E-state index contributed by atoms with van der Waals surface area (Å²) in [6.45, 7) is 8.95. The molecule has 3 fully saturated rings. The molecule has 40 heavy (non-hydrogen) atoms. The lowest BCUT2D eigenvalue weighted by molar-refractivity contribution is -0.310. The van der Waals surface area contributed by atoms with Crippen LogP contribution in [0.4, 0.5) is 0 Å². The van der Waals surface area contributed by atoms with Gasteiger partial charge in [0.05, 0.1) is 6.61 Å². The smallest absolute Gasteiger partial charge is 0.334 e. The number of carboxylic acids is 1. The Bertz CT molecular complexity index is 1020. The summed E-state index contributed by atoms with van der Waals surface area (Å²) in [6.07, 6.45) is 0.0154. The highest BCUT2D eigenvalue weighted by atomic mass is 16.7. The highest BCUT2D eigenvalue weighted by Gasteiger charge is 2.55. The minimum absolute atomic E-state index is 0.0581. The van der Waals surface area contributed by atoms with E-state index in [2.05, 4.69) is 20.4 Å². The van der Waals surface area contributed by atoms with Gasteiger partial charge in [0.25, 0.3) is 0 Å². The average Bonchev–Trinajstić information content (AvgIpc) is 3.29. The number of carboxylic acid groups (broad SMARTS) is 1. The van der Waals surface area contributed by atoms with Crippen molar-refractivity contribution in [1.82, 2.24) is 0 Å². The first-order valence-corrected chi connectivity index (χ1v) is 14.1. The summed E-state index contributed by atoms with van der Waals surface area (Å²) in [5, 5.41) is 40.1. The summed E-state index contributed by atoms with van der Waals surface area (Å²) >= 11 is 0. The van der Waals surface area contributed by atoms with E-state index in [1.807, 2.05) is 6.08 Å². The quantitative estimate of drug-likeness (QED) is 0.173. The Morgan fingerprint density at radius 2 is 1.90 bits per heavy atom. The topological polar surface area (TPSA) is 169 Å². The van der Waals surface area contributed by atoms with E-state index < -0.39 is 55.7 Å². The van der Waals surface area contributed by atoms with Crippen molar-refractivity contribution >= 4 is 17.9 Å². The van der Waals surface area contributed by atoms with Crippen LogP contribution in [0.2, 0.25) is 0 Å². The number of allylic oxidation sites excluding steroid dienone is 1. The molecule has 4 N–H and O–H groups in total. The highest BCUT2D eigenvalue weighted by Crippen LogP contribution is 2.62. The van der Waals surface area contributed by atoms with Crippen molar-refractivity contribution in [1.29, 1.82) is 0 Å². The van der Waals surface area contributed by atoms with Crippen LogP contribution in [0, 0.1) is 22.7 Å². The number of hydrogen-bond donors (Lipinski definition) is 4. The van der Waals surface area contributed by atoms with Gasteiger partial charge in [0, 0.05) is 5.57 Å². The fourth-order valence-electron chi connectivity index (χ4n) is 7.50. The second kappa shape index (κ2) is 12.3. The normalized spacial score (nSPS) is 39.7. The number of ether oxygens (including phenoxy) is 4. The van der Waals surface area contributed by atoms with Crippen LogP contribution in [-0.4, -0.2) is 88.9 Å². The summed E-state index contributed by atoms with van der Waals surface area (Å²) in [6, 6.07) is 0. The molecule has 0 aromatic rings. The highest BCUT2D eigenvalue weighted by molar-refractivity contribution is 5.90. The molecule has 0 amide bonds. The van der Waals surface area contributed by atoms with Gasteiger partial charge in [0.2, 0.25) is 0 Å². The molecule has 2 saturated carbocycles. The molecule has 11 heteroatoms. The van der Waals surface area contributed by atoms with Crippen LogP contribution < -0.4 is 0 Å². The predicted octanol–water partition coefficient (Wildman–Crippen LogP) is 1.87. The molecular formula is C29H42O11. The zero-order valence-corrected chi connectivity index (χ0v) is 23.3. The lowest BCUT2D eigenvalue weighted by Crippen LogP contribution is -2.60. The minimum Gasteiger partial charge on any atom is -0.481 e. The van der Waals surface area contributed by atoms with E-state index in [9.17, 15) is 29.7 Å². The molecule has 11 nitrogen and oxygen atoms in total. The number of aliphatic hydroxyl groups excluding tert-OH is 3. The zero-order chi connectivity index (χ0) is 29.2. The molecule has 2 aliphatic carbocycles. The first-order chi connectivity index (χ1) is 18.9. The van der Waals surface area contributed by atoms with E-state index in [4.69, 9.17) is 24.1 Å². The summed E-state index contributed by atoms with van der Waals surface area (Å²) in [4.78, 5) is 34.3. The molecule has 1 saturated heterocycles. The average molecular weight is 567 g/mol. The van der Waals surface area contributed by atoms with Crippen LogP contribution in [0.3, 0.4) is 0 Å². The molecular weight excluding hydrogens is 524 g/mol. The predicted molar refractivity (Wildman–Crippen MR) is 140 cm³/mol. The monoisotopic (exact) mass is 566 g/mol. The van der Waals surface area contributed by atoms with E-state index >= 15 is 0 Å². The van der Waals surface area contributed by atoms with Gasteiger partial charge >= 0.3 is 17.9 Å². The molecule has 0 bridgehead atoms. The number of esters is 2. The third-order valence-corrected chi connectivity index (χ3v) is 9.60. The fraction of sp³-hybridized carbons (Fsp3) is 0.759. The Hall–Kier alpha value is -2.31. The molecule has 2 aliphatic heterocycles. The summed E-state index contributed by atoms with van der Waals surface area (Å²) < 4.78 is 21.8. The van der Waals surface area contributed by atoms with Gasteiger partial charge in [-0.05, 0) is 67.3 Å². The molecule has 0 radical (unpaired) electrons. The van der Waals surface area contributed by atoms with Gasteiger partial charge < -0.3 is 39.4 Å². The number of aliphatic carboxylic acids is 1. The summed E-state index contributed by atoms with van der Waals surface area (Å²) in [5.74, 6) is -2.09. The summed E-state index contributed by atoms with van der Waals surface area (Å²) in [5.41, 5.74) is 1.61. The third kappa shape index (κ3) is 6.28. The maximum Gasteiger partial charge on any atom is 0.334 e. The number of fused-ring (bicyclic) bond motifs is 1. The van der Waals surface area contributed by atoms with Crippen LogP contribution in [0.25, 0.3) is 0 Å². The second-order valence-corrected chi connectivity index (χ2v) is 12.3. The number of cyclic esters (lactones) is 1. The van der Waals surface area contributed by atoms with Crippen molar-refractivity contribution < 1.29 is 53.8 Å². The van der Waals surface area contributed by atoms with E-state index in [0.717, 1.165) is 44.1 Å². The molecule has 0 aromatic heterocycles. The molecule has 9 atom stereocenters. The van der Waals surface area contributed by atoms with Gasteiger partial charge in [-0.2, -0.15) is 0 Å². The van der Waals surface area contributed by atoms with Gasteiger partial charge in [-0.3, -0.25) is 9.59 Å². The molecule has 4 aliphatic rings. The van der Waals surface area contributed by atoms with Gasteiger partial charge in [-0.1, -0.05) is 32.4 Å². The van der Waals surface area contributed by atoms with Crippen LogP contribution in [-0.2, 0) is 33.3 Å². The van der Waals surface area contributed by atoms with E-state index in [1.165, 1.54) is 5.57 Å². The number of carbonyl (C=O) groups excluding carboxylic acids is 2. The van der Waals surface area contributed by atoms with Gasteiger partial charge in [0.15, 0.2) is 6.29 Å². The minimum atomic E-state index is -1.61. The van der Waals surface area contributed by atoms with E-state index in [0.29, 0.717) is 13.0 Å². The molecule has 2 heterocycles. The molecule has 224 valence electrons. The van der Waals surface area contributed by atoms with Crippen molar-refractivity contribution in [3.63, 3.8) is 0 Å². The SMILES string of the molecule is C=C1CC[C@H]2[C@](C)(CO[C@H]3O[C@@H](COC(=O)CC(=O)O)[C@H](O)[C@@H](O)[C@@H]3O)CCC[C@@]2(C)[C@H]1CCC1=CCOC1=O. The zero-order valence-electron chi connectivity index (χ0n) is 23.3. The Morgan fingerprint density at radius 3 is 2.58 bits per heavy atom. The first kappa shape index (κ1) is 30.6. The Kier molecular flexibility index (Phi) is 9.41. The lowest BCUT2D eigenvalue weighted by atomic mass is 9.47. The van der Waals surface area contributed by atoms with E-state index in [1.54, 1.807) is 0 Å². The third-order valence-electron chi connectivity index (χ3n) is 9.60. The van der Waals surface area contributed by atoms with Gasteiger partial charge in [-0.15, -0.1) is 0 Å². The van der Waals surface area contributed by atoms with Crippen molar-refractivity contribution in [2.24, 2.45) is 22.7 Å². The fourth-order valence-corrected chi connectivity index (χ4v) is 7.50. The van der Waals surface area contributed by atoms with Crippen LogP contribution in [0.15, 0.2) is 23.8 Å². The maximum atomic E-state index is 12.0. The summed E-state index contributed by atoms with van der Waals surface area (Å²) in [7, 11) is 0. The van der Waals surface area contributed by atoms with Crippen LogP contribution in [0.1, 0.15) is 65.2 Å². The Morgan fingerprint density at radius 1 is 1.15 bits per heavy atom. The standard InChI is InChI=1S/C29H42O11/c1-16-5-8-20-28(2,10-4-11-29(20,3)18(16)7-6-17-9-12-37-26(17)36)15-39-27-25(35)24(34)23(33)19(40-27)14-38-22(32)13-21(30)31/h9,18-20,23-25,27,33-35H,1,4-8,10-15H2,2-3H3,(H,30,31)/t18-,19-,20-,23-,24+,25-,27-,28-,29-/m0/s1. The van der Waals surface area contributed by atoms with Crippen molar-refractivity contribution in [2.45, 2.75) is 95.9 Å².